The fourth-order valence-electron chi connectivity index (χ4n) is 2.33. The summed E-state index contributed by atoms with van der Waals surface area (Å²) in [5.41, 5.74) is -0.0185. The van der Waals surface area contributed by atoms with Gasteiger partial charge < -0.3 is 5.11 Å². The largest absolute Gasteiger partial charge is 0.481 e. The molecule has 16 heavy (non-hydrogen) atoms. The van der Waals surface area contributed by atoms with Crippen molar-refractivity contribution in [3.05, 3.63) is 0 Å². The summed E-state index contributed by atoms with van der Waals surface area (Å²) >= 11 is 0. The van der Waals surface area contributed by atoms with E-state index in [4.69, 9.17) is 5.11 Å². The van der Waals surface area contributed by atoms with Crippen molar-refractivity contribution in [1.29, 1.82) is 0 Å². The Morgan fingerprint density at radius 1 is 1.25 bits per heavy atom. The average Bonchev–Trinajstić information content (AvgIpc) is 1.98. The molecule has 0 aromatic heterocycles. The van der Waals surface area contributed by atoms with E-state index in [1.165, 1.54) is 0 Å². The molecule has 0 radical (unpaired) electrons. The minimum absolute atomic E-state index is 0.0593. The number of hydrogen-bond acceptors (Lipinski definition) is 2. The Morgan fingerprint density at radius 2 is 1.75 bits per heavy atom. The quantitative estimate of drug-likeness (QED) is 0.721. The van der Waals surface area contributed by atoms with Crippen LogP contribution in [0.1, 0.15) is 53.9 Å². The Morgan fingerprint density at radius 3 is 2.06 bits per heavy atom. The summed E-state index contributed by atoms with van der Waals surface area (Å²) in [4.78, 5) is 10.5. The molecule has 0 bridgehead atoms. The van der Waals surface area contributed by atoms with Crippen molar-refractivity contribution in [2.75, 3.05) is 0 Å². The number of carboxylic acid groups (broad SMARTS) is 1. The predicted octanol–water partition coefficient (Wildman–Crippen LogP) is 3.97. The van der Waals surface area contributed by atoms with Crippen LogP contribution >= 0.6 is 8.46 Å². The van der Waals surface area contributed by atoms with E-state index in [-0.39, 0.29) is 31.4 Å². The van der Waals surface area contributed by atoms with Gasteiger partial charge in [0.25, 0.3) is 0 Å². The van der Waals surface area contributed by atoms with Crippen molar-refractivity contribution in [1.82, 2.24) is 0 Å². The molecule has 0 saturated heterocycles. The summed E-state index contributed by atoms with van der Waals surface area (Å²) in [5, 5.41) is 8.65. The molecule has 0 rings (SSSR count). The van der Waals surface area contributed by atoms with Crippen LogP contribution in [0.2, 0.25) is 0 Å². The molecule has 0 aliphatic carbocycles. The van der Waals surface area contributed by atoms with Crippen molar-refractivity contribution < 1.29 is 14.5 Å². The van der Waals surface area contributed by atoms with Gasteiger partial charge in [-0.2, -0.15) is 0 Å². The molecule has 3 nitrogen and oxygen atoms in total. The van der Waals surface area contributed by atoms with Gasteiger partial charge in [-0.1, -0.05) is 34.6 Å². The topological polar surface area (TPSA) is 54.4 Å². The molecule has 0 amide bonds. The summed E-state index contributed by atoms with van der Waals surface area (Å²) in [6.07, 6.45) is 1.50. The van der Waals surface area contributed by atoms with Crippen LogP contribution in [0.15, 0.2) is 0 Å². The van der Waals surface area contributed by atoms with Crippen molar-refractivity contribution >= 4 is 14.4 Å². The van der Waals surface area contributed by atoms with Crippen LogP contribution in [0.25, 0.3) is 0 Å². The molecule has 0 aromatic carbocycles. The fraction of sp³-hybridized carbons (Fsp3) is 0.917. The van der Waals surface area contributed by atoms with E-state index >= 15 is 0 Å². The van der Waals surface area contributed by atoms with Crippen molar-refractivity contribution in [2.45, 2.75) is 59.5 Å². The lowest BCUT2D eigenvalue weighted by molar-refractivity contribution is -0.137. The lowest BCUT2D eigenvalue weighted by Crippen LogP contribution is -2.30. The Kier molecular flexibility index (Phi) is 5.61. The minimum atomic E-state index is -0.819. The van der Waals surface area contributed by atoms with Crippen molar-refractivity contribution in [3.8, 4) is 0 Å². The Hall–Kier alpha value is -0.430. The van der Waals surface area contributed by atoms with E-state index in [1.54, 1.807) is 0 Å². The maximum absolute atomic E-state index is 11.2. The second-order valence-corrected chi connectivity index (χ2v) is 7.11. The molecule has 0 fully saturated rings. The van der Waals surface area contributed by atoms with E-state index in [9.17, 15) is 9.36 Å². The van der Waals surface area contributed by atoms with E-state index < -0.39 is 5.97 Å². The third-order valence-corrected chi connectivity index (χ3v) is 3.86. The Bertz CT molecular complexity index is 253. The van der Waals surface area contributed by atoms with Crippen LogP contribution in [-0.4, -0.2) is 16.7 Å². The molecular weight excluding hydrogens is 223 g/mol. The lowest BCUT2D eigenvalue weighted by atomic mass is 9.73. The zero-order chi connectivity index (χ0) is 13.0. The zero-order valence-electron chi connectivity index (χ0n) is 10.9. The van der Waals surface area contributed by atoms with Crippen LogP contribution in [0, 0.1) is 10.8 Å². The molecule has 94 valence electrons. The number of aliphatic carboxylic acids is 1. The smallest absolute Gasteiger partial charge is 0.303 e. The van der Waals surface area contributed by atoms with Crippen LogP contribution in [0.5, 0.6) is 0 Å². The predicted molar refractivity (Wildman–Crippen MR) is 66.1 cm³/mol. The molecule has 0 saturated carbocycles. The zero-order valence-corrected chi connectivity index (χ0v) is 11.8. The summed E-state index contributed by atoms with van der Waals surface area (Å²) in [7, 11) is 0.0593. The lowest BCUT2D eigenvalue weighted by Gasteiger charge is -2.36. The van der Waals surface area contributed by atoms with E-state index in [0.29, 0.717) is 6.42 Å². The fourth-order valence-corrected chi connectivity index (χ4v) is 2.94. The first-order valence-corrected chi connectivity index (χ1v) is 6.51. The summed E-state index contributed by atoms with van der Waals surface area (Å²) < 4.78 is 11.2. The first kappa shape index (κ1) is 15.6. The van der Waals surface area contributed by atoms with Gasteiger partial charge in [0.1, 0.15) is 0 Å². The van der Waals surface area contributed by atoms with Gasteiger partial charge in [-0.3, -0.25) is 9.36 Å². The first-order chi connectivity index (χ1) is 7.08. The normalized spacial score (nSPS) is 15.1. The number of hydrogen-bond donors (Lipinski definition) is 1. The highest BCUT2D eigenvalue weighted by molar-refractivity contribution is 7.24. The second kappa shape index (κ2) is 5.77. The van der Waals surface area contributed by atoms with Crippen LogP contribution in [0.3, 0.4) is 0 Å². The highest BCUT2D eigenvalue weighted by Gasteiger charge is 2.34. The summed E-state index contributed by atoms with van der Waals surface area (Å²) in [6, 6.07) is 0. The van der Waals surface area contributed by atoms with Crippen LogP contribution in [0.4, 0.5) is 0 Å². The first-order valence-electron chi connectivity index (χ1n) is 5.63. The maximum atomic E-state index is 11.2. The molecule has 1 N–H and O–H groups in total. The highest BCUT2D eigenvalue weighted by Crippen LogP contribution is 2.42. The molecule has 4 heteroatoms. The second-order valence-electron chi connectivity index (χ2n) is 6.28. The molecule has 0 aliphatic heterocycles. The molecular formula is C12H23O3P. The Balaban J connectivity index is 4.54. The van der Waals surface area contributed by atoms with Crippen molar-refractivity contribution in [2.24, 2.45) is 10.8 Å². The summed E-state index contributed by atoms with van der Waals surface area (Å²) in [6.45, 7) is 10.6. The number of rotatable bonds is 6. The van der Waals surface area contributed by atoms with Crippen molar-refractivity contribution in [3.63, 3.8) is 0 Å². The monoisotopic (exact) mass is 246 g/mol. The average molecular weight is 246 g/mol. The standard InChI is InChI=1S/C12H23O3P/c1-11(2,3)8-12(4,5)9(16-15)6-7-10(13)14/h9H,6-8H2,1-5H3,(H,13,14)/t9-/m0/s1. The van der Waals surface area contributed by atoms with E-state index in [0.717, 1.165) is 6.42 Å². The van der Waals surface area contributed by atoms with Crippen LogP contribution < -0.4 is 0 Å². The molecule has 1 atom stereocenters. The molecule has 0 heterocycles. The molecule has 0 aromatic rings. The molecule has 0 aliphatic rings. The van der Waals surface area contributed by atoms with Gasteiger partial charge in [-0.25, -0.2) is 0 Å². The van der Waals surface area contributed by atoms with Gasteiger partial charge in [0.2, 0.25) is 0 Å². The molecule has 0 spiro atoms. The minimum Gasteiger partial charge on any atom is -0.481 e. The third kappa shape index (κ3) is 6.22. The third-order valence-electron chi connectivity index (χ3n) is 2.65. The van der Waals surface area contributed by atoms with E-state index in [2.05, 4.69) is 34.6 Å². The van der Waals surface area contributed by atoms with Gasteiger partial charge in [-0.15, -0.1) is 0 Å². The van der Waals surface area contributed by atoms with Gasteiger partial charge in [0, 0.05) is 12.1 Å². The van der Waals surface area contributed by atoms with E-state index in [1.807, 2.05) is 0 Å². The number of carboxylic acids is 1. The van der Waals surface area contributed by atoms with Gasteiger partial charge in [-0.05, 0) is 23.7 Å². The van der Waals surface area contributed by atoms with Gasteiger partial charge in [0.15, 0.2) is 8.46 Å². The Labute approximate surface area is 99.8 Å². The van der Waals surface area contributed by atoms with Crippen LogP contribution in [-0.2, 0) is 9.36 Å². The SMILES string of the molecule is CC(C)(C)CC(C)(C)[C@H](CCC(=O)O)P=O. The van der Waals surface area contributed by atoms with Gasteiger partial charge in [0.05, 0.1) is 0 Å². The molecule has 0 unspecified atom stereocenters. The summed E-state index contributed by atoms with van der Waals surface area (Å²) in [5.74, 6) is -0.819. The highest BCUT2D eigenvalue weighted by atomic mass is 31.1. The van der Waals surface area contributed by atoms with Gasteiger partial charge >= 0.3 is 5.97 Å². The maximum Gasteiger partial charge on any atom is 0.303 e. The number of carbonyl (C=O) groups is 1.